The molecule has 1 heterocycles. The van der Waals surface area contributed by atoms with Crippen molar-refractivity contribution in [2.24, 2.45) is 0 Å². The third kappa shape index (κ3) is 3.24. The predicted octanol–water partition coefficient (Wildman–Crippen LogP) is -1.05. The van der Waals surface area contributed by atoms with E-state index in [4.69, 9.17) is 0 Å². The third-order valence-corrected chi connectivity index (χ3v) is 3.92. The first-order chi connectivity index (χ1) is 8.49. The summed E-state index contributed by atoms with van der Waals surface area (Å²) in [6.45, 7) is 4.21. The number of aryl methyl sites for hydroxylation is 1. The number of carbonyl (C=O) groups is 1. The Bertz CT molecular complexity index is 610. The molecule has 0 aliphatic rings. The van der Waals surface area contributed by atoms with Gasteiger partial charge in [-0.1, -0.05) is 11.3 Å². The maximum atomic E-state index is 12.0. The van der Waals surface area contributed by atoms with Crippen LogP contribution in [0.4, 0.5) is 0 Å². The lowest BCUT2D eigenvalue weighted by molar-refractivity contribution is -0.684. The Kier molecular flexibility index (Phi) is 4.91. The zero-order chi connectivity index (χ0) is 13.3. The number of phenols is 2. The highest BCUT2D eigenvalue weighted by Crippen LogP contribution is 2.25. The second-order valence-corrected chi connectivity index (χ2v) is 5.18. The molecule has 0 atom stereocenters. The number of carbonyl (C=O) groups excluding carboxylic acids is 1. The number of hydrogen-bond donors (Lipinski definition) is 2. The molecule has 0 unspecified atom stereocenters. The first kappa shape index (κ1) is 15.5. The van der Waals surface area contributed by atoms with Gasteiger partial charge >= 0.3 is 0 Å². The highest BCUT2D eigenvalue weighted by Gasteiger charge is 2.18. The van der Waals surface area contributed by atoms with Crippen molar-refractivity contribution in [1.29, 1.82) is 0 Å². The molecule has 2 aromatic rings. The summed E-state index contributed by atoms with van der Waals surface area (Å²) in [7, 11) is 0. The molecule has 0 bridgehead atoms. The fourth-order valence-electron chi connectivity index (χ4n) is 1.61. The van der Waals surface area contributed by atoms with E-state index >= 15 is 0 Å². The van der Waals surface area contributed by atoms with Crippen molar-refractivity contribution in [1.82, 2.24) is 0 Å². The largest absolute Gasteiger partial charge is 1.00 e. The van der Waals surface area contributed by atoms with Crippen molar-refractivity contribution in [2.75, 3.05) is 0 Å². The van der Waals surface area contributed by atoms with Crippen LogP contribution < -0.4 is 17.0 Å². The van der Waals surface area contributed by atoms with E-state index in [0.29, 0.717) is 5.56 Å². The van der Waals surface area contributed by atoms with Crippen LogP contribution in [0.15, 0.2) is 23.7 Å². The second kappa shape index (κ2) is 6.04. The summed E-state index contributed by atoms with van der Waals surface area (Å²) in [5.41, 5.74) is 3.36. The number of benzene rings is 1. The van der Waals surface area contributed by atoms with Gasteiger partial charge in [0.25, 0.3) is 0 Å². The fraction of sp³-hybridized carbons (Fsp3) is 0.231. The summed E-state index contributed by atoms with van der Waals surface area (Å²) >= 11 is 1.60. The van der Waals surface area contributed by atoms with Crippen LogP contribution in [0.25, 0.3) is 0 Å². The number of ketones is 1. The van der Waals surface area contributed by atoms with Gasteiger partial charge in [-0.3, -0.25) is 4.79 Å². The van der Waals surface area contributed by atoms with Gasteiger partial charge in [0.15, 0.2) is 17.2 Å². The Morgan fingerprint density at radius 2 is 1.95 bits per heavy atom. The number of hydrogen-bond acceptors (Lipinski definition) is 4. The number of nitrogens with zero attached hydrogens (tertiary/aromatic N) is 1. The Hall–Kier alpha value is -1.59. The lowest BCUT2D eigenvalue weighted by Gasteiger charge is -2.01. The van der Waals surface area contributed by atoms with Gasteiger partial charge in [0.2, 0.25) is 17.8 Å². The molecule has 2 rings (SSSR count). The predicted molar refractivity (Wildman–Crippen MR) is 68.1 cm³/mol. The molecule has 0 saturated carbocycles. The van der Waals surface area contributed by atoms with Crippen LogP contribution in [0.1, 0.15) is 20.9 Å². The molecule has 0 saturated heterocycles. The van der Waals surface area contributed by atoms with Crippen molar-refractivity contribution >= 4 is 17.1 Å². The van der Waals surface area contributed by atoms with Crippen molar-refractivity contribution in [2.45, 2.75) is 20.4 Å². The van der Waals surface area contributed by atoms with E-state index in [2.05, 4.69) is 0 Å². The van der Waals surface area contributed by atoms with Gasteiger partial charge in [0, 0.05) is 12.5 Å². The lowest BCUT2D eigenvalue weighted by atomic mass is 10.1. The minimum Gasteiger partial charge on any atom is -1.00 e. The number of thiazole rings is 1. The number of phenolic OH excluding ortho intramolecular Hbond substituents is 2. The van der Waals surface area contributed by atoms with Crippen molar-refractivity contribution < 1.29 is 32.0 Å². The van der Waals surface area contributed by atoms with Crippen LogP contribution in [0.2, 0.25) is 0 Å². The van der Waals surface area contributed by atoms with E-state index in [9.17, 15) is 15.0 Å². The zero-order valence-corrected chi connectivity index (χ0v) is 12.1. The van der Waals surface area contributed by atoms with E-state index < -0.39 is 0 Å². The van der Waals surface area contributed by atoms with E-state index in [0.717, 1.165) is 5.69 Å². The smallest absolute Gasteiger partial charge is 0.227 e. The molecule has 0 amide bonds. The average Bonchev–Trinajstić information content (AvgIpc) is 2.64. The zero-order valence-electron chi connectivity index (χ0n) is 10.6. The summed E-state index contributed by atoms with van der Waals surface area (Å²) in [5.74, 6) is -0.595. The van der Waals surface area contributed by atoms with Crippen LogP contribution in [-0.2, 0) is 6.54 Å². The molecule has 1 aromatic heterocycles. The van der Waals surface area contributed by atoms with Crippen molar-refractivity contribution in [3.63, 3.8) is 0 Å². The van der Waals surface area contributed by atoms with Gasteiger partial charge in [-0.25, -0.2) is 0 Å². The average molecular weight is 300 g/mol. The summed E-state index contributed by atoms with van der Waals surface area (Å²) in [6, 6.07) is 4.11. The maximum Gasteiger partial charge on any atom is 0.227 e. The highest BCUT2D eigenvalue weighted by molar-refractivity contribution is 7.09. The molecule has 2 N–H and O–H groups in total. The maximum absolute atomic E-state index is 12.0. The third-order valence-electron chi connectivity index (χ3n) is 2.91. The second-order valence-electron chi connectivity index (χ2n) is 4.12. The van der Waals surface area contributed by atoms with Crippen LogP contribution in [0.5, 0.6) is 11.5 Å². The lowest BCUT2D eigenvalue weighted by Crippen LogP contribution is -3.00. The number of aromatic hydroxyl groups is 2. The van der Waals surface area contributed by atoms with Crippen LogP contribution in [0, 0.1) is 13.8 Å². The summed E-state index contributed by atoms with van der Waals surface area (Å²) in [6.07, 6.45) is 0. The number of aromatic nitrogens is 1. The molecule has 0 radical (unpaired) electrons. The van der Waals surface area contributed by atoms with Gasteiger partial charge < -0.3 is 22.6 Å². The normalized spacial score (nSPS) is 10.0. The Balaban J connectivity index is 0.00000180. The van der Waals surface area contributed by atoms with Crippen molar-refractivity contribution in [3.05, 3.63) is 39.8 Å². The number of rotatable bonds is 3. The molecule has 6 heteroatoms. The molecule has 0 aliphatic carbocycles. The highest BCUT2D eigenvalue weighted by atomic mass is 35.5. The molecule has 1 aromatic carbocycles. The Morgan fingerprint density at radius 3 is 2.47 bits per heavy atom. The fourth-order valence-corrected chi connectivity index (χ4v) is 2.41. The van der Waals surface area contributed by atoms with E-state index in [1.165, 1.54) is 23.1 Å². The molecule has 0 aliphatic heterocycles. The van der Waals surface area contributed by atoms with E-state index in [1.54, 1.807) is 11.3 Å². The Labute approximate surface area is 121 Å². The topological polar surface area (TPSA) is 61.4 Å². The Morgan fingerprint density at radius 1 is 1.26 bits per heavy atom. The van der Waals surface area contributed by atoms with Crippen molar-refractivity contribution in [3.8, 4) is 11.5 Å². The number of Topliss-reactive ketones (excluding diaryl/α,β-unsaturated/α-hetero) is 1. The molecule has 0 fully saturated rings. The van der Waals surface area contributed by atoms with Gasteiger partial charge in [-0.05, 0) is 25.1 Å². The van der Waals surface area contributed by atoms with Gasteiger partial charge in [0.05, 0.1) is 4.88 Å². The van der Waals surface area contributed by atoms with Crippen LogP contribution in [-0.4, -0.2) is 16.0 Å². The number of halogens is 1. The molecule has 19 heavy (non-hydrogen) atoms. The summed E-state index contributed by atoms with van der Waals surface area (Å²) < 4.78 is 1.88. The van der Waals surface area contributed by atoms with Gasteiger partial charge in [-0.2, -0.15) is 4.57 Å². The standard InChI is InChI=1S/C13H13NO3S.ClH/c1-8-9(2)18-7-14(8)6-13(17)10-3-4-11(15)12(16)5-10;/h3-5,7H,6H2,1-2H3,(H-,15,16,17);1H. The quantitative estimate of drug-likeness (QED) is 0.432. The molecular weight excluding hydrogens is 286 g/mol. The first-order valence-electron chi connectivity index (χ1n) is 5.48. The minimum atomic E-state index is -0.274. The van der Waals surface area contributed by atoms with Crippen LogP contribution in [0.3, 0.4) is 0 Å². The summed E-state index contributed by atoms with van der Waals surface area (Å²) in [5, 5.41) is 18.6. The van der Waals surface area contributed by atoms with E-state index in [1.807, 2.05) is 23.9 Å². The monoisotopic (exact) mass is 299 g/mol. The molecule has 4 nitrogen and oxygen atoms in total. The molecule has 0 spiro atoms. The van der Waals surface area contributed by atoms with E-state index in [-0.39, 0.29) is 36.2 Å². The molecular formula is C13H14ClNO3S. The first-order valence-corrected chi connectivity index (χ1v) is 6.36. The SMILES string of the molecule is Cc1sc[n+](CC(=O)c2ccc(O)c(O)c2)c1C.[Cl-]. The van der Waals surface area contributed by atoms with Gasteiger partial charge in [0.1, 0.15) is 0 Å². The van der Waals surface area contributed by atoms with Gasteiger partial charge in [-0.15, -0.1) is 0 Å². The minimum absolute atomic E-state index is 0. The summed E-state index contributed by atoms with van der Waals surface area (Å²) in [4.78, 5) is 13.2. The molecule has 102 valence electrons. The van der Waals surface area contributed by atoms with Crippen LogP contribution >= 0.6 is 11.3 Å².